The molecule has 2 aromatic heterocycles. The van der Waals surface area contributed by atoms with Crippen LogP contribution in [0.4, 0.5) is 5.82 Å². The van der Waals surface area contributed by atoms with E-state index in [0.717, 1.165) is 17.0 Å². The van der Waals surface area contributed by atoms with Crippen LogP contribution in [0.5, 0.6) is 0 Å². The van der Waals surface area contributed by atoms with E-state index in [4.69, 9.17) is 10.2 Å². The van der Waals surface area contributed by atoms with Gasteiger partial charge in [0.15, 0.2) is 5.82 Å². The molecule has 0 unspecified atom stereocenters. The van der Waals surface area contributed by atoms with Gasteiger partial charge in [-0.25, -0.2) is 9.67 Å². The highest BCUT2D eigenvalue weighted by Crippen LogP contribution is 2.18. The predicted molar refractivity (Wildman–Crippen MR) is 70.2 cm³/mol. The molecule has 3 aromatic rings. The molecule has 0 saturated carbocycles. The Hall–Kier alpha value is -2.63. The van der Waals surface area contributed by atoms with Crippen LogP contribution < -0.4 is 5.73 Å². The van der Waals surface area contributed by atoms with E-state index in [2.05, 4.69) is 15.3 Å². The second kappa shape index (κ2) is 4.56. The standard InChI is InChI=1S/C13H13N5O/c1-9-12(14)16-17-18(9)7-11-8-19-13(15-11)10-5-3-2-4-6-10/h2-6,8H,7,14H2,1H3. The summed E-state index contributed by atoms with van der Waals surface area (Å²) in [5, 5.41) is 7.76. The van der Waals surface area contributed by atoms with E-state index in [1.165, 1.54) is 0 Å². The molecule has 0 saturated heterocycles. The highest BCUT2D eigenvalue weighted by Gasteiger charge is 2.10. The van der Waals surface area contributed by atoms with Gasteiger partial charge in [0, 0.05) is 5.56 Å². The highest BCUT2D eigenvalue weighted by atomic mass is 16.3. The van der Waals surface area contributed by atoms with Gasteiger partial charge < -0.3 is 10.2 Å². The summed E-state index contributed by atoms with van der Waals surface area (Å²) in [6.07, 6.45) is 1.62. The Morgan fingerprint density at radius 2 is 2.05 bits per heavy atom. The number of anilines is 1. The summed E-state index contributed by atoms with van der Waals surface area (Å²) in [6.45, 7) is 2.36. The van der Waals surface area contributed by atoms with E-state index in [9.17, 15) is 0 Å². The van der Waals surface area contributed by atoms with Crippen molar-refractivity contribution in [2.45, 2.75) is 13.5 Å². The topological polar surface area (TPSA) is 82.8 Å². The van der Waals surface area contributed by atoms with E-state index >= 15 is 0 Å². The zero-order valence-electron chi connectivity index (χ0n) is 10.4. The second-order valence-corrected chi connectivity index (χ2v) is 4.23. The molecule has 0 radical (unpaired) electrons. The minimum Gasteiger partial charge on any atom is -0.444 e. The summed E-state index contributed by atoms with van der Waals surface area (Å²) < 4.78 is 7.16. The minimum absolute atomic E-state index is 0.437. The summed E-state index contributed by atoms with van der Waals surface area (Å²) in [5.74, 6) is 1.04. The van der Waals surface area contributed by atoms with E-state index in [-0.39, 0.29) is 0 Å². The van der Waals surface area contributed by atoms with E-state index in [1.807, 2.05) is 37.3 Å². The third-order valence-corrected chi connectivity index (χ3v) is 2.90. The monoisotopic (exact) mass is 255 g/mol. The van der Waals surface area contributed by atoms with Crippen molar-refractivity contribution >= 4 is 5.82 Å². The Bertz CT molecular complexity index is 686. The Morgan fingerprint density at radius 1 is 1.26 bits per heavy atom. The second-order valence-electron chi connectivity index (χ2n) is 4.23. The number of nitrogens with two attached hydrogens (primary N) is 1. The molecule has 6 nitrogen and oxygen atoms in total. The average molecular weight is 255 g/mol. The molecule has 0 bridgehead atoms. The fourth-order valence-electron chi connectivity index (χ4n) is 1.77. The summed E-state index contributed by atoms with van der Waals surface area (Å²) in [6, 6.07) is 9.75. The summed E-state index contributed by atoms with van der Waals surface area (Å²) in [4.78, 5) is 4.43. The quantitative estimate of drug-likeness (QED) is 0.772. The van der Waals surface area contributed by atoms with Gasteiger partial charge in [-0.2, -0.15) is 0 Å². The lowest BCUT2D eigenvalue weighted by Gasteiger charge is -1.98. The molecule has 96 valence electrons. The van der Waals surface area contributed by atoms with Crippen LogP contribution in [0.2, 0.25) is 0 Å². The first kappa shape index (κ1) is 11.5. The van der Waals surface area contributed by atoms with Gasteiger partial charge in [0.2, 0.25) is 5.89 Å². The zero-order valence-corrected chi connectivity index (χ0v) is 10.4. The molecule has 0 amide bonds. The molecule has 0 aliphatic rings. The maximum Gasteiger partial charge on any atom is 0.226 e. The highest BCUT2D eigenvalue weighted by molar-refractivity contribution is 5.52. The Morgan fingerprint density at radius 3 is 2.74 bits per heavy atom. The Labute approximate surface area is 109 Å². The van der Waals surface area contributed by atoms with Crippen LogP contribution in [0.1, 0.15) is 11.4 Å². The van der Waals surface area contributed by atoms with E-state index < -0.39 is 0 Å². The van der Waals surface area contributed by atoms with Crippen molar-refractivity contribution in [3.63, 3.8) is 0 Å². The molecule has 0 atom stereocenters. The van der Waals surface area contributed by atoms with Gasteiger partial charge in [-0.15, -0.1) is 5.10 Å². The van der Waals surface area contributed by atoms with Crippen LogP contribution in [0.3, 0.4) is 0 Å². The van der Waals surface area contributed by atoms with Crippen molar-refractivity contribution < 1.29 is 4.42 Å². The lowest BCUT2D eigenvalue weighted by atomic mass is 10.2. The number of aromatic nitrogens is 4. The molecule has 2 N–H and O–H groups in total. The van der Waals surface area contributed by atoms with Gasteiger partial charge in [0.05, 0.1) is 12.2 Å². The number of benzene rings is 1. The van der Waals surface area contributed by atoms with Crippen molar-refractivity contribution in [1.29, 1.82) is 0 Å². The molecule has 0 spiro atoms. The summed E-state index contributed by atoms with van der Waals surface area (Å²) in [7, 11) is 0. The first-order valence-corrected chi connectivity index (χ1v) is 5.89. The number of nitrogen functional groups attached to an aromatic ring is 1. The van der Waals surface area contributed by atoms with E-state index in [1.54, 1.807) is 10.9 Å². The molecule has 2 heterocycles. The first-order chi connectivity index (χ1) is 9.24. The van der Waals surface area contributed by atoms with Crippen LogP contribution in [-0.4, -0.2) is 20.0 Å². The Balaban J connectivity index is 1.84. The maximum atomic E-state index is 5.65. The zero-order chi connectivity index (χ0) is 13.2. The van der Waals surface area contributed by atoms with Gasteiger partial charge in [-0.05, 0) is 19.1 Å². The number of oxazole rings is 1. The van der Waals surface area contributed by atoms with Gasteiger partial charge in [0.25, 0.3) is 0 Å². The average Bonchev–Trinajstić information content (AvgIpc) is 3.02. The van der Waals surface area contributed by atoms with Crippen molar-refractivity contribution in [2.24, 2.45) is 0 Å². The van der Waals surface area contributed by atoms with Crippen molar-refractivity contribution in [3.8, 4) is 11.5 Å². The fraction of sp³-hybridized carbons (Fsp3) is 0.154. The Kier molecular flexibility index (Phi) is 2.75. The number of hydrogen-bond acceptors (Lipinski definition) is 5. The van der Waals surface area contributed by atoms with Gasteiger partial charge >= 0.3 is 0 Å². The van der Waals surface area contributed by atoms with Crippen LogP contribution in [0.25, 0.3) is 11.5 Å². The largest absolute Gasteiger partial charge is 0.444 e. The molecule has 6 heteroatoms. The number of nitrogens with zero attached hydrogens (tertiary/aromatic N) is 4. The third kappa shape index (κ3) is 2.20. The molecular weight excluding hydrogens is 242 g/mol. The molecule has 0 aliphatic carbocycles. The van der Waals surface area contributed by atoms with Crippen LogP contribution in [-0.2, 0) is 6.54 Å². The van der Waals surface area contributed by atoms with Crippen LogP contribution in [0, 0.1) is 6.92 Å². The smallest absolute Gasteiger partial charge is 0.226 e. The van der Waals surface area contributed by atoms with Gasteiger partial charge in [-0.3, -0.25) is 0 Å². The normalized spacial score (nSPS) is 10.8. The lowest BCUT2D eigenvalue weighted by molar-refractivity contribution is 0.567. The number of hydrogen-bond donors (Lipinski definition) is 1. The van der Waals surface area contributed by atoms with Gasteiger partial charge in [0.1, 0.15) is 12.0 Å². The molecule has 19 heavy (non-hydrogen) atoms. The maximum absolute atomic E-state index is 5.65. The SMILES string of the molecule is Cc1c(N)nnn1Cc1coc(-c2ccccc2)n1. The molecule has 0 aliphatic heterocycles. The summed E-state index contributed by atoms with van der Waals surface area (Å²) >= 11 is 0. The summed E-state index contributed by atoms with van der Waals surface area (Å²) in [5.41, 5.74) is 8.21. The third-order valence-electron chi connectivity index (χ3n) is 2.90. The van der Waals surface area contributed by atoms with Crippen LogP contribution >= 0.6 is 0 Å². The van der Waals surface area contributed by atoms with Crippen molar-refractivity contribution in [3.05, 3.63) is 48.0 Å². The van der Waals surface area contributed by atoms with Crippen molar-refractivity contribution in [2.75, 3.05) is 5.73 Å². The number of rotatable bonds is 3. The molecule has 3 rings (SSSR count). The van der Waals surface area contributed by atoms with Crippen molar-refractivity contribution in [1.82, 2.24) is 20.0 Å². The molecule has 1 aromatic carbocycles. The van der Waals surface area contributed by atoms with Crippen LogP contribution in [0.15, 0.2) is 41.0 Å². The van der Waals surface area contributed by atoms with E-state index in [0.29, 0.717) is 18.3 Å². The fourth-order valence-corrected chi connectivity index (χ4v) is 1.77. The van der Waals surface area contributed by atoms with Gasteiger partial charge in [-0.1, -0.05) is 23.4 Å². The predicted octanol–water partition coefficient (Wildman–Crippen LogP) is 1.87. The molecular formula is C13H13N5O. The first-order valence-electron chi connectivity index (χ1n) is 5.89. The minimum atomic E-state index is 0.437. The lowest BCUT2D eigenvalue weighted by Crippen LogP contribution is -2.04. The molecule has 0 fully saturated rings.